The minimum absolute atomic E-state index is 0.0724. The molecule has 2 N–H and O–H groups in total. The van der Waals surface area contributed by atoms with Crippen LogP contribution in [0.25, 0.3) is 11.0 Å². The molecule has 2 aromatic heterocycles. The second-order valence-corrected chi connectivity index (χ2v) is 6.44. The maximum absolute atomic E-state index is 12.8. The summed E-state index contributed by atoms with van der Waals surface area (Å²) in [6.07, 6.45) is 2.76. The first-order valence-electron chi connectivity index (χ1n) is 7.91. The molecular weight excluding hydrogens is 296 g/mol. The Morgan fingerprint density at radius 3 is 2.65 bits per heavy atom. The zero-order valence-corrected chi connectivity index (χ0v) is 12.8. The normalized spacial score (nSPS) is 26.7. The fourth-order valence-corrected chi connectivity index (χ4v) is 3.87. The molecule has 7 nitrogen and oxygen atoms in total. The Bertz CT molecular complexity index is 833. The summed E-state index contributed by atoms with van der Waals surface area (Å²) in [6.45, 7) is 1.70. The van der Waals surface area contributed by atoms with Crippen molar-refractivity contribution in [1.29, 1.82) is 0 Å². The molecule has 3 atom stereocenters. The third-order valence-electron chi connectivity index (χ3n) is 4.83. The van der Waals surface area contributed by atoms with Gasteiger partial charge in [0, 0.05) is 12.1 Å². The molecule has 2 aromatic rings. The van der Waals surface area contributed by atoms with Crippen molar-refractivity contribution >= 4 is 16.9 Å². The van der Waals surface area contributed by atoms with E-state index in [9.17, 15) is 14.7 Å². The number of nitrogens with zero attached hydrogens (tertiary/aromatic N) is 3. The van der Waals surface area contributed by atoms with Crippen LogP contribution >= 0.6 is 0 Å². The molecule has 4 rings (SSSR count). The summed E-state index contributed by atoms with van der Waals surface area (Å²) in [5, 5.41) is 9.86. The molecular formula is C16H18N4O3. The molecule has 0 aromatic carbocycles. The smallest absolute Gasteiger partial charge is 0.277 e. The van der Waals surface area contributed by atoms with Crippen LogP contribution in [0.1, 0.15) is 42.0 Å². The summed E-state index contributed by atoms with van der Waals surface area (Å²) in [6, 6.07) is 3.44. The molecule has 2 bridgehead atoms. The van der Waals surface area contributed by atoms with Crippen molar-refractivity contribution in [3.63, 3.8) is 0 Å². The number of aromatic nitrogens is 3. The Kier molecular flexibility index (Phi) is 3.19. The molecule has 1 unspecified atom stereocenters. The molecule has 2 aliphatic heterocycles. The molecule has 120 valence electrons. The lowest BCUT2D eigenvalue weighted by Gasteiger charge is -2.37. The topological polar surface area (TPSA) is 99.2 Å². The fourth-order valence-electron chi connectivity index (χ4n) is 3.87. The predicted octanol–water partition coefficient (Wildman–Crippen LogP) is 0.754. The maximum atomic E-state index is 12.8. The number of aromatic amines is 1. The number of amides is 1. The van der Waals surface area contributed by atoms with E-state index in [1.807, 2.05) is 4.90 Å². The number of carbonyl (C=O) groups excluding carboxylic acids is 1. The maximum Gasteiger partial charge on any atom is 0.277 e. The molecule has 2 saturated heterocycles. The largest absolute Gasteiger partial charge is 0.393 e. The van der Waals surface area contributed by atoms with Crippen molar-refractivity contribution in [2.75, 3.05) is 0 Å². The van der Waals surface area contributed by atoms with Crippen LogP contribution in [0.5, 0.6) is 0 Å². The van der Waals surface area contributed by atoms with Crippen molar-refractivity contribution < 1.29 is 9.90 Å². The monoisotopic (exact) mass is 314 g/mol. The first kappa shape index (κ1) is 14.3. The van der Waals surface area contributed by atoms with Crippen LogP contribution in [0.2, 0.25) is 0 Å². The van der Waals surface area contributed by atoms with Gasteiger partial charge in [-0.15, -0.1) is 0 Å². The number of H-pyrrole nitrogens is 1. The van der Waals surface area contributed by atoms with E-state index in [1.165, 1.54) is 0 Å². The lowest BCUT2D eigenvalue weighted by molar-refractivity contribution is 0.0283. The highest BCUT2D eigenvalue weighted by molar-refractivity contribution is 5.95. The van der Waals surface area contributed by atoms with E-state index in [0.717, 1.165) is 12.8 Å². The minimum atomic E-state index is -0.334. The Morgan fingerprint density at radius 1 is 1.26 bits per heavy atom. The lowest BCUT2D eigenvalue weighted by Crippen LogP contribution is -2.48. The molecule has 7 heteroatoms. The molecule has 0 saturated carbocycles. The molecule has 0 spiro atoms. The van der Waals surface area contributed by atoms with Crippen molar-refractivity contribution in [3.8, 4) is 0 Å². The predicted molar refractivity (Wildman–Crippen MR) is 83.1 cm³/mol. The number of aliphatic hydroxyl groups is 1. The fraction of sp³-hybridized carbons (Fsp3) is 0.500. The second kappa shape index (κ2) is 5.13. The summed E-state index contributed by atoms with van der Waals surface area (Å²) >= 11 is 0. The average Bonchev–Trinajstić information content (AvgIpc) is 2.78. The van der Waals surface area contributed by atoms with Crippen molar-refractivity contribution in [2.45, 2.75) is 50.8 Å². The Labute approximate surface area is 132 Å². The number of nitrogens with one attached hydrogen (secondary N) is 1. The van der Waals surface area contributed by atoms with Crippen LogP contribution in [0, 0.1) is 6.92 Å². The summed E-state index contributed by atoms with van der Waals surface area (Å²) in [5.41, 5.74) is 0.604. The van der Waals surface area contributed by atoms with Crippen molar-refractivity contribution in [1.82, 2.24) is 19.9 Å². The molecule has 2 fully saturated rings. The van der Waals surface area contributed by atoms with E-state index in [-0.39, 0.29) is 40.9 Å². The summed E-state index contributed by atoms with van der Waals surface area (Å²) in [4.78, 5) is 37.8. The number of aryl methyl sites for hydroxylation is 1. The van der Waals surface area contributed by atoms with Gasteiger partial charge in [-0.25, -0.2) is 9.97 Å². The third-order valence-corrected chi connectivity index (χ3v) is 4.83. The Balaban J connectivity index is 1.72. The SMILES string of the molecule is Cc1nc2ccc(C(=O)N3[C@@H]4CC[C@H]3CC(O)C4)nc2c(=O)[nH]1. The minimum Gasteiger partial charge on any atom is -0.393 e. The van der Waals surface area contributed by atoms with Crippen LogP contribution < -0.4 is 5.56 Å². The van der Waals surface area contributed by atoms with E-state index >= 15 is 0 Å². The van der Waals surface area contributed by atoms with E-state index in [0.29, 0.717) is 24.2 Å². The summed E-state index contributed by atoms with van der Waals surface area (Å²) in [7, 11) is 0. The number of hydrogen-bond donors (Lipinski definition) is 2. The van der Waals surface area contributed by atoms with E-state index < -0.39 is 0 Å². The van der Waals surface area contributed by atoms with Gasteiger partial charge < -0.3 is 15.0 Å². The van der Waals surface area contributed by atoms with Gasteiger partial charge in [0.15, 0.2) is 5.52 Å². The van der Waals surface area contributed by atoms with Crippen LogP contribution in [-0.4, -0.2) is 49.1 Å². The summed E-state index contributed by atoms with van der Waals surface area (Å²) in [5.74, 6) is 0.359. The van der Waals surface area contributed by atoms with Gasteiger partial charge >= 0.3 is 0 Å². The van der Waals surface area contributed by atoms with Gasteiger partial charge in [-0.3, -0.25) is 9.59 Å². The quantitative estimate of drug-likeness (QED) is 0.809. The van der Waals surface area contributed by atoms with Crippen molar-refractivity contribution in [2.24, 2.45) is 0 Å². The molecule has 4 heterocycles. The summed E-state index contributed by atoms with van der Waals surface area (Å²) < 4.78 is 0. The molecule has 23 heavy (non-hydrogen) atoms. The van der Waals surface area contributed by atoms with Crippen LogP contribution in [-0.2, 0) is 0 Å². The standard InChI is InChI=1S/C16H18N4O3/c1-8-17-12-4-5-13(19-14(12)15(22)18-8)16(23)20-9-2-3-10(20)7-11(21)6-9/h4-5,9-11,21H,2-3,6-7H2,1H3,(H,17,18,22)/t9-,10+,11?. The van der Waals surface area contributed by atoms with E-state index in [2.05, 4.69) is 15.0 Å². The van der Waals surface area contributed by atoms with Gasteiger partial charge in [-0.1, -0.05) is 0 Å². The Hall–Kier alpha value is -2.28. The lowest BCUT2D eigenvalue weighted by atomic mass is 9.99. The van der Waals surface area contributed by atoms with Crippen LogP contribution in [0.15, 0.2) is 16.9 Å². The number of hydrogen-bond acceptors (Lipinski definition) is 5. The number of fused-ring (bicyclic) bond motifs is 3. The number of pyridine rings is 1. The average molecular weight is 314 g/mol. The number of piperidine rings is 1. The zero-order valence-electron chi connectivity index (χ0n) is 12.8. The van der Waals surface area contributed by atoms with E-state index in [4.69, 9.17) is 0 Å². The second-order valence-electron chi connectivity index (χ2n) is 6.44. The van der Waals surface area contributed by atoms with Gasteiger partial charge in [0.2, 0.25) is 0 Å². The number of carbonyl (C=O) groups is 1. The highest BCUT2D eigenvalue weighted by Gasteiger charge is 2.43. The zero-order chi connectivity index (χ0) is 16.1. The molecule has 1 amide bonds. The third kappa shape index (κ3) is 2.31. The number of aliphatic hydroxyl groups excluding tert-OH is 1. The highest BCUT2D eigenvalue weighted by atomic mass is 16.3. The Morgan fingerprint density at radius 2 is 1.96 bits per heavy atom. The highest BCUT2D eigenvalue weighted by Crippen LogP contribution is 2.36. The van der Waals surface area contributed by atoms with Gasteiger partial charge in [0.1, 0.15) is 11.5 Å². The van der Waals surface area contributed by atoms with Gasteiger partial charge in [-0.05, 0) is 44.7 Å². The van der Waals surface area contributed by atoms with Crippen molar-refractivity contribution in [3.05, 3.63) is 34.0 Å². The molecule has 2 aliphatic rings. The molecule has 0 aliphatic carbocycles. The number of rotatable bonds is 1. The first-order chi connectivity index (χ1) is 11.0. The van der Waals surface area contributed by atoms with Gasteiger partial charge in [0.05, 0.1) is 11.6 Å². The van der Waals surface area contributed by atoms with E-state index in [1.54, 1.807) is 19.1 Å². The van der Waals surface area contributed by atoms with Crippen LogP contribution in [0.4, 0.5) is 0 Å². The first-order valence-corrected chi connectivity index (χ1v) is 7.91. The van der Waals surface area contributed by atoms with Gasteiger partial charge in [-0.2, -0.15) is 0 Å². The molecule has 0 radical (unpaired) electrons. The van der Waals surface area contributed by atoms with Crippen LogP contribution in [0.3, 0.4) is 0 Å². The van der Waals surface area contributed by atoms with Gasteiger partial charge in [0.25, 0.3) is 11.5 Å².